The number of anilines is 3. The minimum absolute atomic E-state index is 0. The molecular formula is C69H117Cl8N23O29Pt4. The van der Waals surface area contributed by atoms with Gasteiger partial charge in [0.25, 0.3) is 17.4 Å². The molecule has 5 heterocycles. The number of nitrogen functional groups attached to an aromatic ring is 1. The molecule has 2 aliphatic heterocycles. The number of cyclic esters (lactones) is 2. The molecule has 133 heavy (non-hydrogen) atoms. The number of H-pyrrole nitrogens is 1. The molecule has 1 saturated heterocycles. The van der Waals surface area contributed by atoms with E-state index >= 15 is 0 Å². The number of amides is 3. The number of fused-ring (bicyclic) bond motifs is 2. The van der Waals surface area contributed by atoms with Crippen molar-refractivity contribution in [3.8, 4) is 0 Å². The summed E-state index contributed by atoms with van der Waals surface area (Å²) in [7, 11) is 39.0. The Kier molecular flexibility index (Phi) is 121. The Morgan fingerprint density at radius 2 is 0.880 bits per heavy atom. The average Bonchev–Trinajstić information content (AvgIpc) is 1.00. The number of rotatable bonds is 38. The Labute approximate surface area is 830 Å². The molecule has 7 rings (SSSR count). The Hall–Kier alpha value is -8.06. The maximum absolute atomic E-state index is 12.6. The zero-order valence-electron chi connectivity index (χ0n) is 70.9. The van der Waals surface area contributed by atoms with Crippen LogP contribution in [0.3, 0.4) is 0 Å². The second kappa shape index (κ2) is 101. The van der Waals surface area contributed by atoms with Crippen LogP contribution >= 0.6 is 75.3 Å². The third-order valence-corrected chi connectivity index (χ3v) is 14.4. The number of aliphatic hydroxyl groups is 1. The molecule has 1 unspecified atom stereocenters. The summed E-state index contributed by atoms with van der Waals surface area (Å²) in [5.74, 6) is -10.7. The Balaban J connectivity index is -0.000000101. The summed E-state index contributed by atoms with van der Waals surface area (Å²) in [5.41, 5.74) is 20.0. The van der Waals surface area contributed by atoms with Gasteiger partial charge in [-0.15, -0.1) is 0 Å². The third-order valence-electron chi connectivity index (χ3n) is 14.4. The fourth-order valence-corrected chi connectivity index (χ4v) is 8.68. The first-order valence-electron chi connectivity index (χ1n) is 35.4. The molecule has 0 aliphatic carbocycles. The van der Waals surface area contributed by atoms with Crippen LogP contribution in [-0.4, -0.2) is 212 Å². The van der Waals surface area contributed by atoms with Crippen LogP contribution in [0.5, 0.6) is 0 Å². The number of carbonyl (C=O) groups is 14. The number of ether oxygens (including phenoxy) is 1. The Morgan fingerprint density at radius 1 is 0.496 bits per heavy atom. The van der Waals surface area contributed by atoms with E-state index in [1.54, 1.807) is 54.7 Å². The smallest absolute Gasteiger partial charge is 0.693 e. The van der Waals surface area contributed by atoms with E-state index in [-0.39, 0.29) is 165 Å². The van der Waals surface area contributed by atoms with Gasteiger partial charge in [0, 0.05) is 42.6 Å². The van der Waals surface area contributed by atoms with Crippen LogP contribution in [0.1, 0.15) is 205 Å². The maximum Gasteiger partial charge on any atom is -0.693 e. The SMILES string of the molecule is CCCCCC(=O)O.CCCCCC(=O)O.NCCCC[C@H](NC(=O)c1ccc(NCc2cnc3c(n2)C(O)N=C(N)N3)cc1)C(=O)O.Nc1nc2ncc(CCc3ccc(C(=O)N[C@@H](CCCCNC(=O)CCC(=O)O)C(=O)O)cc3)nc2c(=O)[nH]1.O.O.O.O=C(O)CCC(=O)O.O=C(O)CCC(=O)O.O=C1CCC(=O)O1.[Cl][Pt+2][Cl].[Cl][Pt+2][Cl].[Cl][Pt+2][Cl].[Cl][Pt+2][Cl].[NH2-].[NH2-].[NH2-].[NH2-].[NH2-].[NH2-].[NH2-].[NH2-]. The number of aliphatic imine (C=N–C) groups is 1. The number of aliphatic hydroxyl groups excluding tert-OH is 1. The van der Waals surface area contributed by atoms with Crippen molar-refractivity contribution in [3.63, 3.8) is 0 Å². The monoisotopic (exact) mass is 2790 g/mol. The maximum atomic E-state index is 12.6. The number of hydrogen-bond donors (Lipinski definition) is 19. The second-order valence-corrected chi connectivity index (χ2v) is 36.9. The molecule has 778 valence electrons. The van der Waals surface area contributed by atoms with Crippen LogP contribution in [0.4, 0.5) is 17.5 Å². The summed E-state index contributed by atoms with van der Waals surface area (Å²) in [6.07, 6.45) is 11.2. The van der Waals surface area contributed by atoms with Gasteiger partial charge in [-0.3, -0.25) is 67.3 Å². The van der Waals surface area contributed by atoms with Crippen LogP contribution in [0.15, 0.2) is 70.7 Å². The van der Waals surface area contributed by atoms with Crippen LogP contribution in [0, 0.1) is 0 Å². The topological polar surface area (TPSA) is 1060 Å². The van der Waals surface area contributed by atoms with Gasteiger partial charge in [0.05, 0.1) is 75.3 Å². The van der Waals surface area contributed by atoms with E-state index in [1.165, 1.54) is 6.20 Å². The third kappa shape index (κ3) is 90.2. The fourth-order valence-electron chi connectivity index (χ4n) is 8.68. The van der Waals surface area contributed by atoms with Gasteiger partial charge in [-0.1, -0.05) is 51.7 Å². The normalized spacial score (nSPS) is 11.0. The van der Waals surface area contributed by atoms with E-state index in [1.807, 2.05) is 0 Å². The van der Waals surface area contributed by atoms with Crippen molar-refractivity contribution < 1.29 is 205 Å². The van der Waals surface area contributed by atoms with Crippen molar-refractivity contribution in [1.82, 2.24) is 45.9 Å². The number of carboxylic acids is 9. The van der Waals surface area contributed by atoms with E-state index < -0.39 is 167 Å². The summed E-state index contributed by atoms with van der Waals surface area (Å²) < 4.78 is 4.08. The van der Waals surface area contributed by atoms with Gasteiger partial charge in [0.15, 0.2) is 29.2 Å². The molecule has 44 N–H and O–H groups in total. The first-order chi connectivity index (χ1) is 57.7. The van der Waals surface area contributed by atoms with Crippen molar-refractivity contribution in [3.05, 3.63) is 154 Å². The van der Waals surface area contributed by atoms with Crippen LogP contribution in [0.2, 0.25) is 0 Å². The van der Waals surface area contributed by atoms with Gasteiger partial charge in [-0.25, -0.2) is 34.5 Å². The predicted octanol–water partition coefficient (Wildman–Crippen LogP) is 12.3. The number of carboxylic acid groups (broad SMARTS) is 9. The summed E-state index contributed by atoms with van der Waals surface area (Å²) >= 11 is -1.89. The van der Waals surface area contributed by atoms with Gasteiger partial charge in [0.1, 0.15) is 17.8 Å². The number of benzene rings is 2. The molecule has 1 fully saturated rings. The fraction of sp³-hybridized carbons (Fsp3) is 0.464. The van der Waals surface area contributed by atoms with E-state index in [2.05, 4.69) is 80.1 Å². The molecular weight excluding hydrogens is 2680 g/mol. The molecule has 3 aromatic heterocycles. The standard InChI is InChI=1S/C25H29N7O7.C20H26N8O4.2C6H12O2.2C4H6O4.C4H4O3.8ClH.8H2N.3H2O.4Pt/c26-25-31-21-20(23(37)32-25)29-16(13-28-21)9-6-14-4-7-15(8-5-14)22(36)30-17(24(38)39)3-1-2-12-27-18(33)10-11-19(34)35;21-8-2-1-3-14(19(31)32)26-17(29)11-4-6-12(7-5-11)23-9-13-10-24-16-15(25-13)18(30)28-20(22)27-16;2*1-2-3-4-5-6(7)8;2*5-3(6)1-2-4(7)8;5-3-1-2-4(6)7-3;;;;;;;;;;;;;;;;;;;;;;;/h4-5,7-8,13,17H,1-3,6,9-12H2,(H,27,33)(H,30,36)(H,34,35)(H,38,39)(H3,26,28,31,32,37);4-7,10,14,18,23,30H,1-3,8-9,21H2,(H,26,29)(H,31,32)(H3,22,24,27,28);2*2-5H2,1H3,(H,7,8);2*1-2H2,(H,5,6)(H,7,8);1-2H2;8*1H;11*1H2;;;;/q;;;;;;;;;;;;;;;8*-1;;;;4*+4/p-8/t17-;14-,18?;;;;;;;;;;;;;;;;;;;;;;;;;;;;/m00............................/s1. The number of nitrogens with zero attached hydrogens (tertiary/aromatic N) is 6. The quantitative estimate of drug-likeness (QED) is 0.00991. The van der Waals surface area contributed by atoms with Gasteiger partial charge in [-0.2, -0.15) is 4.98 Å². The second-order valence-electron chi connectivity index (χ2n) is 23.8. The van der Waals surface area contributed by atoms with E-state index in [9.17, 15) is 87.2 Å². The molecule has 0 saturated carbocycles. The number of aryl methyl sites for hydroxylation is 2. The van der Waals surface area contributed by atoms with Crippen molar-refractivity contribution in [2.24, 2.45) is 16.5 Å². The zero-order chi connectivity index (χ0) is 93.5. The van der Waals surface area contributed by atoms with Crippen molar-refractivity contribution >= 4 is 193 Å². The number of aliphatic carboxylic acids is 9. The number of nitrogens with two attached hydrogens (primary N) is 11. The number of guanidine groups is 1. The predicted molar refractivity (Wildman–Crippen MR) is 489 cm³/mol. The first-order valence-corrected chi connectivity index (χ1v) is 57.9. The number of carbonyl (C=O) groups excluding carboxylic acids is 5. The van der Waals surface area contributed by atoms with Gasteiger partial charge in [0.2, 0.25) is 11.9 Å². The molecule has 5 aromatic rings. The molecule has 0 spiro atoms. The minimum Gasteiger partial charge on any atom is -0.693 e. The molecule has 2 aromatic carbocycles. The number of aromatic nitrogens is 6. The van der Waals surface area contributed by atoms with E-state index in [0.29, 0.717) is 99.2 Å². The zero-order valence-corrected chi connectivity index (χ0v) is 86.1. The molecule has 2 aliphatic rings. The number of nitrogens with one attached hydrogen (secondary N) is 6. The average molecular weight is 2800 g/mol. The minimum atomic E-state index is -1.18. The van der Waals surface area contributed by atoms with E-state index in [0.717, 1.165) is 49.8 Å². The molecule has 52 nitrogen and oxygen atoms in total. The number of esters is 2. The molecule has 0 bridgehead atoms. The number of aromatic amines is 1. The summed E-state index contributed by atoms with van der Waals surface area (Å²) in [5, 5.41) is 98.7. The first kappa shape index (κ1) is 159. The van der Waals surface area contributed by atoms with Crippen LogP contribution in [-0.2, 0) is 148 Å². The van der Waals surface area contributed by atoms with E-state index in [4.69, 9.17) is 128 Å². The molecule has 3 amide bonds. The Morgan fingerprint density at radius 3 is 1.25 bits per heavy atom. The summed E-state index contributed by atoms with van der Waals surface area (Å²) in [4.78, 5) is 187. The molecule has 0 radical (unpaired) electrons. The van der Waals surface area contributed by atoms with Gasteiger partial charge in [-0.05, 0) is 113 Å². The summed E-state index contributed by atoms with van der Waals surface area (Å²) in [6.45, 7) is 5.20. The van der Waals surface area contributed by atoms with Crippen LogP contribution in [0.25, 0.3) is 60.4 Å². The van der Waals surface area contributed by atoms with Crippen molar-refractivity contribution in [1.29, 1.82) is 0 Å². The summed E-state index contributed by atoms with van der Waals surface area (Å²) in [6, 6.07) is 11.2. The van der Waals surface area contributed by atoms with Gasteiger partial charge >= 0.3 is 207 Å². The Bertz CT molecular complexity index is 4030. The molecule has 3 atom stereocenters. The molecule has 64 heteroatoms. The van der Waals surface area contributed by atoms with Crippen molar-refractivity contribution in [2.75, 3.05) is 29.5 Å². The van der Waals surface area contributed by atoms with Gasteiger partial charge < -0.3 is 165 Å². The number of halogens is 8. The largest absolute Gasteiger partial charge is 0.693 e. The number of hydrogen-bond acceptors (Lipinski definition) is 28. The van der Waals surface area contributed by atoms with Crippen molar-refractivity contribution in [2.45, 2.75) is 193 Å². The van der Waals surface area contributed by atoms with Crippen LogP contribution < -0.4 is 49.3 Å². The number of unbranched alkanes of at least 4 members (excludes halogenated alkanes) is 6.